The Morgan fingerprint density at radius 2 is 2.19 bits per heavy atom. The molecule has 0 aliphatic heterocycles. The first-order valence-electron chi connectivity index (χ1n) is 5.82. The van der Waals surface area contributed by atoms with Gasteiger partial charge in [0, 0.05) is 29.2 Å². The van der Waals surface area contributed by atoms with Crippen LogP contribution in [0.1, 0.15) is 19.3 Å². The fourth-order valence-electron chi connectivity index (χ4n) is 2.41. The van der Waals surface area contributed by atoms with E-state index in [0.717, 1.165) is 17.6 Å². The van der Waals surface area contributed by atoms with Gasteiger partial charge in [-0.05, 0) is 37.6 Å². The Balaban J connectivity index is 2.05. The molecule has 88 valence electrons. The van der Waals surface area contributed by atoms with Gasteiger partial charge in [-0.3, -0.25) is 0 Å². The van der Waals surface area contributed by atoms with E-state index in [1.165, 1.54) is 24.9 Å². The monoisotopic (exact) mass is 282 g/mol. The molecule has 0 atom stereocenters. The second-order valence-corrected chi connectivity index (χ2v) is 5.81. The van der Waals surface area contributed by atoms with Crippen LogP contribution in [0.15, 0.2) is 28.7 Å². The topological polar surface area (TPSA) is 29.3 Å². The van der Waals surface area contributed by atoms with E-state index >= 15 is 0 Å². The molecule has 1 aliphatic rings. The quantitative estimate of drug-likeness (QED) is 0.920. The van der Waals surface area contributed by atoms with Gasteiger partial charge in [0.2, 0.25) is 0 Å². The maximum Gasteiger partial charge on any atom is 0.0375 e. The molecule has 16 heavy (non-hydrogen) atoms. The molecule has 0 bridgehead atoms. The smallest absolute Gasteiger partial charge is 0.0375 e. The highest BCUT2D eigenvalue weighted by atomic mass is 79.9. The molecular formula is C13H19BrN2. The van der Waals surface area contributed by atoms with Crippen LogP contribution in [0.25, 0.3) is 0 Å². The molecule has 0 heterocycles. The lowest BCUT2D eigenvalue weighted by molar-refractivity contribution is 0.154. The summed E-state index contributed by atoms with van der Waals surface area (Å²) in [6, 6.07) is 8.43. The molecule has 0 radical (unpaired) electrons. The number of rotatable bonds is 4. The predicted molar refractivity (Wildman–Crippen MR) is 72.8 cm³/mol. The molecule has 0 aromatic heterocycles. The summed E-state index contributed by atoms with van der Waals surface area (Å²) in [4.78, 5) is 2.32. The SMILES string of the molecule is CN(CC1(CN)CCC1)c1cccc(Br)c1. The Bertz CT molecular complexity index is 355. The minimum atomic E-state index is 0.372. The Hall–Kier alpha value is -0.540. The van der Waals surface area contributed by atoms with E-state index in [0.29, 0.717) is 5.41 Å². The van der Waals surface area contributed by atoms with Gasteiger partial charge in [0.15, 0.2) is 0 Å². The highest BCUT2D eigenvalue weighted by Crippen LogP contribution is 2.41. The molecule has 1 aliphatic carbocycles. The molecule has 0 unspecified atom stereocenters. The summed E-state index contributed by atoms with van der Waals surface area (Å²) in [7, 11) is 2.15. The van der Waals surface area contributed by atoms with E-state index in [1.54, 1.807) is 0 Å². The van der Waals surface area contributed by atoms with E-state index in [4.69, 9.17) is 5.73 Å². The van der Waals surface area contributed by atoms with Gasteiger partial charge in [0.05, 0.1) is 0 Å². The van der Waals surface area contributed by atoms with Crippen LogP contribution < -0.4 is 10.6 Å². The number of halogens is 1. The van der Waals surface area contributed by atoms with Crippen molar-refractivity contribution in [1.82, 2.24) is 0 Å². The molecule has 2 nitrogen and oxygen atoms in total. The molecule has 2 N–H and O–H groups in total. The normalized spacial score (nSPS) is 17.9. The second-order valence-electron chi connectivity index (χ2n) is 4.89. The standard InChI is InChI=1S/C13H19BrN2/c1-16(10-13(9-15)6-3-7-13)12-5-2-4-11(14)8-12/h2,4-5,8H,3,6-7,9-10,15H2,1H3. The molecule has 0 saturated heterocycles. The summed E-state index contributed by atoms with van der Waals surface area (Å²) in [5.74, 6) is 0. The Morgan fingerprint density at radius 3 is 2.69 bits per heavy atom. The van der Waals surface area contributed by atoms with Crippen LogP contribution in [0.5, 0.6) is 0 Å². The highest BCUT2D eigenvalue weighted by molar-refractivity contribution is 9.10. The van der Waals surface area contributed by atoms with Gasteiger partial charge >= 0.3 is 0 Å². The van der Waals surface area contributed by atoms with E-state index in [1.807, 2.05) is 0 Å². The third-order valence-corrected chi connectivity index (χ3v) is 4.16. The predicted octanol–water partition coefficient (Wildman–Crippen LogP) is 3.01. The van der Waals surface area contributed by atoms with E-state index in [-0.39, 0.29) is 0 Å². The minimum Gasteiger partial charge on any atom is -0.374 e. The first kappa shape index (κ1) is 11.9. The van der Waals surface area contributed by atoms with Crippen molar-refractivity contribution in [3.63, 3.8) is 0 Å². The van der Waals surface area contributed by atoms with Crippen LogP contribution >= 0.6 is 15.9 Å². The van der Waals surface area contributed by atoms with Crippen LogP contribution in [0.4, 0.5) is 5.69 Å². The van der Waals surface area contributed by atoms with Crippen LogP contribution in [-0.2, 0) is 0 Å². The highest BCUT2D eigenvalue weighted by Gasteiger charge is 2.36. The van der Waals surface area contributed by atoms with Crippen molar-refractivity contribution in [3.05, 3.63) is 28.7 Å². The van der Waals surface area contributed by atoms with Gasteiger partial charge in [-0.25, -0.2) is 0 Å². The van der Waals surface area contributed by atoms with Crippen molar-refractivity contribution >= 4 is 21.6 Å². The molecule has 2 rings (SSSR count). The van der Waals surface area contributed by atoms with Gasteiger partial charge in [0.1, 0.15) is 0 Å². The first-order valence-corrected chi connectivity index (χ1v) is 6.61. The van der Waals surface area contributed by atoms with Crippen LogP contribution in [0.2, 0.25) is 0 Å². The molecule has 3 heteroatoms. The van der Waals surface area contributed by atoms with Crippen LogP contribution in [0.3, 0.4) is 0 Å². The fraction of sp³-hybridized carbons (Fsp3) is 0.538. The van der Waals surface area contributed by atoms with Crippen molar-refractivity contribution in [2.24, 2.45) is 11.1 Å². The number of anilines is 1. The van der Waals surface area contributed by atoms with Crippen molar-refractivity contribution in [3.8, 4) is 0 Å². The maximum absolute atomic E-state index is 5.89. The van der Waals surface area contributed by atoms with Gasteiger partial charge in [-0.1, -0.05) is 28.4 Å². The minimum absolute atomic E-state index is 0.372. The summed E-state index contributed by atoms with van der Waals surface area (Å²) in [6.45, 7) is 1.88. The number of nitrogens with two attached hydrogens (primary N) is 1. The van der Waals surface area contributed by atoms with Crippen LogP contribution in [-0.4, -0.2) is 20.1 Å². The number of hydrogen-bond donors (Lipinski definition) is 1. The number of benzene rings is 1. The Morgan fingerprint density at radius 1 is 1.44 bits per heavy atom. The van der Waals surface area contributed by atoms with Crippen molar-refractivity contribution in [2.75, 3.05) is 25.0 Å². The van der Waals surface area contributed by atoms with Crippen molar-refractivity contribution in [1.29, 1.82) is 0 Å². The molecule has 1 aromatic carbocycles. The molecule has 1 fully saturated rings. The van der Waals surface area contributed by atoms with E-state index < -0.39 is 0 Å². The largest absolute Gasteiger partial charge is 0.374 e. The summed E-state index contributed by atoms with van der Waals surface area (Å²) < 4.78 is 1.13. The third-order valence-electron chi connectivity index (χ3n) is 3.67. The lowest BCUT2D eigenvalue weighted by atomic mass is 9.68. The van der Waals surface area contributed by atoms with Crippen molar-refractivity contribution in [2.45, 2.75) is 19.3 Å². The maximum atomic E-state index is 5.89. The molecule has 1 aromatic rings. The lowest BCUT2D eigenvalue weighted by Crippen LogP contribution is -2.46. The molecule has 0 spiro atoms. The molecule has 1 saturated carbocycles. The lowest BCUT2D eigenvalue weighted by Gasteiger charge is -2.44. The van der Waals surface area contributed by atoms with Gasteiger partial charge in [-0.2, -0.15) is 0 Å². The zero-order valence-electron chi connectivity index (χ0n) is 9.75. The Labute approximate surface area is 106 Å². The van der Waals surface area contributed by atoms with E-state index in [2.05, 4.69) is 52.1 Å². The zero-order valence-corrected chi connectivity index (χ0v) is 11.3. The average Bonchev–Trinajstić information content (AvgIpc) is 2.23. The van der Waals surface area contributed by atoms with Gasteiger partial charge in [0.25, 0.3) is 0 Å². The molecule has 0 amide bonds. The van der Waals surface area contributed by atoms with Crippen LogP contribution in [0, 0.1) is 5.41 Å². The zero-order chi connectivity index (χ0) is 11.6. The summed E-state index contributed by atoms with van der Waals surface area (Å²) in [6.07, 6.45) is 3.90. The third kappa shape index (κ3) is 2.41. The average molecular weight is 283 g/mol. The van der Waals surface area contributed by atoms with Gasteiger partial charge in [-0.15, -0.1) is 0 Å². The number of hydrogen-bond acceptors (Lipinski definition) is 2. The number of nitrogens with zero attached hydrogens (tertiary/aromatic N) is 1. The molecular weight excluding hydrogens is 264 g/mol. The second kappa shape index (κ2) is 4.76. The first-order chi connectivity index (χ1) is 7.65. The van der Waals surface area contributed by atoms with Crippen molar-refractivity contribution < 1.29 is 0 Å². The summed E-state index contributed by atoms with van der Waals surface area (Å²) >= 11 is 3.51. The summed E-state index contributed by atoms with van der Waals surface area (Å²) in [5.41, 5.74) is 7.52. The summed E-state index contributed by atoms with van der Waals surface area (Å²) in [5, 5.41) is 0. The fourth-order valence-corrected chi connectivity index (χ4v) is 2.80. The van der Waals surface area contributed by atoms with E-state index in [9.17, 15) is 0 Å². The Kier molecular flexibility index (Phi) is 3.55. The van der Waals surface area contributed by atoms with Gasteiger partial charge < -0.3 is 10.6 Å².